The number of piperazine rings is 1. The maximum absolute atomic E-state index is 13.4. The van der Waals surface area contributed by atoms with Gasteiger partial charge in [0.1, 0.15) is 17.1 Å². The molecule has 0 radical (unpaired) electrons. The van der Waals surface area contributed by atoms with Gasteiger partial charge in [0, 0.05) is 32.1 Å². The smallest absolute Gasteiger partial charge is 0.247 e. The molecule has 1 aliphatic heterocycles. The van der Waals surface area contributed by atoms with Crippen LogP contribution < -0.4 is 10.1 Å². The van der Waals surface area contributed by atoms with E-state index in [-0.39, 0.29) is 42.5 Å². The van der Waals surface area contributed by atoms with Crippen molar-refractivity contribution in [2.24, 2.45) is 0 Å². The first-order chi connectivity index (χ1) is 15.6. The first kappa shape index (κ1) is 24.2. The van der Waals surface area contributed by atoms with Gasteiger partial charge in [-0.3, -0.25) is 14.4 Å². The Morgan fingerprint density at radius 2 is 1.76 bits per heavy atom. The van der Waals surface area contributed by atoms with E-state index in [0.29, 0.717) is 24.4 Å². The summed E-state index contributed by atoms with van der Waals surface area (Å²) in [5, 5.41) is 2.80. The minimum absolute atomic E-state index is 0.0406. The fourth-order valence-corrected chi connectivity index (χ4v) is 4.18. The van der Waals surface area contributed by atoms with Crippen LogP contribution >= 0.6 is 0 Å². The van der Waals surface area contributed by atoms with Crippen LogP contribution in [-0.4, -0.2) is 59.8 Å². The summed E-state index contributed by atoms with van der Waals surface area (Å²) in [6.45, 7) is 5.86. The van der Waals surface area contributed by atoms with E-state index in [0.717, 1.165) is 5.56 Å². The Morgan fingerprint density at radius 1 is 1.09 bits per heavy atom. The van der Waals surface area contributed by atoms with E-state index < -0.39 is 5.54 Å². The molecular formula is C25H30FN3O4. The molecule has 176 valence electrons. The lowest BCUT2D eigenvalue weighted by atomic mass is 9.97. The minimum Gasteiger partial charge on any atom is -0.496 e. The predicted octanol–water partition coefficient (Wildman–Crippen LogP) is 2.70. The second-order valence-electron chi connectivity index (χ2n) is 8.70. The van der Waals surface area contributed by atoms with Gasteiger partial charge in [0.2, 0.25) is 17.7 Å². The summed E-state index contributed by atoms with van der Waals surface area (Å²) in [5.74, 6) is -0.370. The largest absolute Gasteiger partial charge is 0.496 e. The van der Waals surface area contributed by atoms with Crippen LogP contribution in [0.25, 0.3) is 0 Å². The molecule has 3 rings (SSSR count). The van der Waals surface area contributed by atoms with E-state index in [2.05, 4.69) is 5.32 Å². The first-order valence-electron chi connectivity index (χ1n) is 10.9. The summed E-state index contributed by atoms with van der Waals surface area (Å²) in [6.07, 6.45) is 0.0406. The number of rotatable bonds is 6. The van der Waals surface area contributed by atoms with Gasteiger partial charge in [-0.05, 0) is 37.6 Å². The maximum Gasteiger partial charge on any atom is 0.247 e. The van der Waals surface area contributed by atoms with Crippen LogP contribution in [0.2, 0.25) is 0 Å². The fraction of sp³-hybridized carbons (Fsp3) is 0.400. The number of ether oxygens (including phenoxy) is 1. The lowest BCUT2D eigenvalue weighted by Gasteiger charge is -2.43. The van der Waals surface area contributed by atoms with Crippen molar-refractivity contribution in [2.75, 3.05) is 26.7 Å². The van der Waals surface area contributed by atoms with Crippen molar-refractivity contribution in [3.05, 3.63) is 65.5 Å². The average molecular weight is 456 g/mol. The summed E-state index contributed by atoms with van der Waals surface area (Å²) in [7, 11) is 1.57. The number of para-hydroxylation sites is 1. The molecule has 1 saturated heterocycles. The molecule has 1 N–H and O–H groups in total. The van der Waals surface area contributed by atoms with Crippen LogP contribution in [0.3, 0.4) is 0 Å². The highest BCUT2D eigenvalue weighted by molar-refractivity contribution is 5.91. The number of hydrogen-bond acceptors (Lipinski definition) is 4. The zero-order chi connectivity index (χ0) is 24.2. The van der Waals surface area contributed by atoms with Crippen LogP contribution in [0.4, 0.5) is 4.39 Å². The molecular weight excluding hydrogens is 425 g/mol. The molecule has 1 aliphatic rings. The Bertz CT molecular complexity index is 1020. The normalized spacial score (nSPS) is 16.3. The van der Waals surface area contributed by atoms with E-state index in [1.807, 2.05) is 24.3 Å². The molecule has 1 heterocycles. The summed E-state index contributed by atoms with van der Waals surface area (Å²) in [6, 6.07) is 12.8. The predicted molar refractivity (Wildman–Crippen MR) is 122 cm³/mol. The molecule has 0 unspecified atom stereocenters. The van der Waals surface area contributed by atoms with E-state index >= 15 is 0 Å². The van der Waals surface area contributed by atoms with Crippen molar-refractivity contribution in [3.63, 3.8) is 0 Å². The molecule has 2 aromatic rings. The number of halogens is 1. The Kier molecular flexibility index (Phi) is 7.36. The fourth-order valence-electron chi connectivity index (χ4n) is 4.18. The van der Waals surface area contributed by atoms with Crippen molar-refractivity contribution >= 4 is 17.7 Å². The van der Waals surface area contributed by atoms with Crippen molar-refractivity contribution < 1.29 is 23.5 Å². The number of benzene rings is 2. The second kappa shape index (κ2) is 10.0. The van der Waals surface area contributed by atoms with Gasteiger partial charge < -0.3 is 19.9 Å². The van der Waals surface area contributed by atoms with E-state index in [4.69, 9.17) is 4.74 Å². The van der Waals surface area contributed by atoms with Gasteiger partial charge in [0.05, 0.1) is 19.6 Å². The SMILES string of the molecule is COc1ccccc1[C@@H]1CN(C(=O)C(C)(C)NC(=O)Cc2ccc(F)cc2)CCN1C(C)=O. The molecule has 8 heteroatoms. The highest BCUT2D eigenvalue weighted by Gasteiger charge is 2.39. The number of carbonyl (C=O) groups is 3. The molecule has 0 saturated carbocycles. The summed E-state index contributed by atoms with van der Waals surface area (Å²) >= 11 is 0. The Morgan fingerprint density at radius 3 is 2.39 bits per heavy atom. The summed E-state index contributed by atoms with van der Waals surface area (Å²) in [4.78, 5) is 41.7. The van der Waals surface area contributed by atoms with E-state index in [1.54, 1.807) is 42.9 Å². The van der Waals surface area contributed by atoms with Gasteiger partial charge >= 0.3 is 0 Å². The summed E-state index contributed by atoms with van der Waals surface area (Å²) < 4.78 is 18.6. The standard InChI is InChI=1S/C25H30FN3O4/c1-17(30)29-14-13-28(16-21(29)20-7-5-6-8-22(20)33-4)24(32)25(2,3)27-23(31)15-18-9-11-19(26)12-10-18/h5-12,21H,13-16H2,1-4H3,(H,27,31)/t21-/m0/s1. The van der Waals surface area contributed by atoms with Gasteiger partial charge in [0.25, 0.3) is 0 Å². The molecule has 1 fully saturated rings. The number of methoxy groups -OCH3 is 1. The van der Waals surface area contributed by atoms with Crippen LogP contribution in [0.1, 0.15) is 37.9 Å². The van der Waals surface area contributed by atoms with Crippen LogP contribution in [0.5, 0.6) is 5.75 Å². The topological polar surface area (TPSA) is 79.0 Å². The van der Waals surface area contributed by atoms with Gasteiger partial charge in [-0.15, -0.1) is 0 Å². The molecule has 0 spiro atoms. The third kappa shape index (κ3) is 5.69. The van der Waals surface area contributed by atoms with E-state index in [1.165, 1.54) is 19.1 Å². The molecule has 0 aromatic heterocycles. The summed E-state index contributed by atoms with van der Waals surface area (Å²) in [5.41, 5.74) is 0.329. The van der Waals surface area contributed by atoms with Crippen LogP contribution in [-0.2, 0) is 20.8 Å². The van der Waals surface area contributed by atoms with Gasteiger partial charge in [0.15, 0.2) is 0 Å². The Labute approximate surface area is 193 Å². The van der Waals surface area contributed by atoms with Crippen molar-refractivity contribution in [2.45, 2.75) is 38.8 Å². The van der Waals surface area contributed by atoms with Crippen LogP contribution in [0, 0.1) is 5.82 Å². The lowest BCUT2D eigenvalue weighted by Crippen LogP contribution is -2.60. The average Bonchev–Trinajstić information content (AvgIpc) is 2.79. The van der Waals surface area contributed by atoms with Crippen molar-refractivity contribution in [1.82, 2.24) is 15.1 Å². The number of nitrogens with zero attached hydrogens (tertiary/aromatic N) is 2. The number of hydrogen-bond donors (Lipinski definition) is 1. The molecule has 0 aliphatic carbocycles. The lowest BCUT2D eigenvalue weighted by molar-refractivity contribution is -0.147. The zero-order valence-electron chi connectivity index (χ0n) is 19.4. The molecule has 0 bridgehead atoms. The number of carbonyl (C=O) groups excluding carboxylic acids is 3. The Hall–Kier alpha value is -3.42. The molecule has 2 aromatic carbocycles. The number of nitrogens with one attached hydrogen (secondary N) is 1. The number of amides is 3. The van der Waals surface area contributed by atoms with Crippen molar-refractivity contribution in [3.8, 4) is 5.75 Å². The monoisotopic (exact) mass is 455 g/mol. The second-order valence-corrected chi connectivity index (χ2v) is 8.70. The van der Waals surface area contributed by atoms with Gasteiger partial charge in [-0.1, -0.05) is 30.3 Å². The highest BCUT2D eigenvalue weighted by Crippen LogP contribution is 2.32. The quantitative estimate of drug-likeness (QED) is 0.727. The highest BCUT2D eigenvalue weighted by atomic mass is 19.1. The van der Waals surface area contributed by atoms with E-state index in [9.17, 15) is 18.8 Å². The maximum atomic E-state index is 13.4. The minimum atomic E-state index is -1.15. The first-order valence-corrected chi connectivity index (χ1v) is 10.9. The van der Waals surface area contributed by atoms with Gasteiger partial charge in [-0.25, -0.2) is 4.39 Å². The van der Waals surface area contributed by atoms with Crippen molar-refractivity contribution in [1.29, 1.82) is 0 Å². The molecule has 1 atom stereocenters. The molecule has 7 nitrogen and oxygen atoms in total. The van der Waals surface area contributed by atoms with Gasteiger partial charge in [-0.2, -0.15) is 0 Å². The third-order valence-electron chi connectivity index (χ3n) is 5.83. The van der Waals surface area contributed by atoms with Crippen LogP contribution in [0.15, 0.2) is 48.5 Å². The Balaban J connectivity index is 1.74. The molecule has 33 heavy (non-hydrogen) atoms. The molecule has 3 amide bonds. The third-order valence-corrected chi connectivity index (χ3v) is 5.83. The zero-order valence-corrected chi connectivity index (χ0v) is 19.4.